The molecule has 3 saturated heterocycles. The minimum absolute atomic E-state index is 0.0228. The molecule has 4 aromatic rings. The van der Waals surface area contributed by atoms with Crippen LogP contribution in [0.3, 0.4) is 0 Å². The third kappa shape index (κ3) is 5.47. The molecule has 3 fully saturated rings. The fraction of sp³-hybridized carbons (Fsp3) is 0.500. The van der Waals surface area contributed by atoms with Gasteiger partial charge in [-0.05, 0) is 0 Å². The molecular weight excluding hydrogens is 648 g/mol. The smallest absolute Gasteiger partial charge is 0.386 e. The first-order chi connectivity index (χ1) is 21.3. The number of fused-ring (bicyclic) bond motifs is 5. The summed E-state index contributed by atoms with van der Waals surface area (Å²) in [5, 5.41) is 11.2. The molecule has 23 nitrogen and oxygen atoms in total. The molecule has 4 aromatic heterocycles. The average Bonchev–Trinajstić information content (AvgIpc) is 3.72. The second-order valence-electron chi connectivity index (χ2n) is 10.2. The summed E-state index contributed by atoms with van der Waals surface area (Å²) in [7, 11) is -9.89. The maximum atomic E-state index is 13.2. The maximum absolute atomic E-state index is 13.2. The highest BCUT2D eigenvalue weighted by Crippen LogP contribution is 2.53. The third-order valence-corrected chi connectivity index (χ3v) is 9.27. The number of anilines is 3. The number of ether oxygens (including phenoxy) is 2. The summed E-state index contributed by atoms with van der Waals surface area (Å²) in [6.45, 7) is -1.34. The summed E-state index contributed by atoms with van der Waals surface area (Å²) in [5.74, 6) is -0.480. The van der Waals surface area contributed by atoms with E-state index in [2.05, 4.69) is 29.9 Å². The van der Waals surface area contributed by atoms with E-state index in [1.165, 1.54) is 21.8 Å². The Morgan fingerprint density at radius 1 is 0.867 bits per heavy atom. The molecule has 45 heavy (non-hydrogen) atoms. The zero-order chi connectivity index (χ0) is 31.8. The molecule has 0 aromatic carbocycles. The minimum Gasteiger partial charge on any atom is -0.386 e. The number of rotatable bonds is 2. The Hall–Kier alpha value is -3.60. The van der Waals surface area contributed by atoms with Crippen LogP contribution in [0.15, 0.2) is 17.4 Å². The van der Waals surface area contributed by atoms with Crippen molar-refractivity contribution < 1.29 is 51.6 Å². The Balaban J connectivity index is 1.19. The van der Waals surface area contributed by atoms with Gasteiger partial charge in [-0.2, -0.15) is 15.0 Å². The fourth-order valence-electron chi connectivity index (χ4n) is 5.38. The van der Waals surface area contributed by atoms with E-state index in [1.807, 2.05) is 0 Å². The summed E-state index contributed by atoms with van der Waals surface area (Å²) >= 11 is 0. The molecule has 3 aliphatic rings. The molecule has 10 N–H and O–H groups in total. The summed E-state index contributed by atoms with van der Waals surface area (Å²) in [5.41, 5.74) is 16.7. The number of aliphatic hydroxyl groups excluding tert-OH is 1. The van der Waals surface area contributed by atoms with Crippen LogP contribution < -0.4 is 22.8 Å². The lowest BCUT2D eigenvalue weighted by Crippen LogP contribution is -2.36. The molecule has 0 saturated carbocycles. The Morgan fingerprint density at radius 3 is 2.31 bits per heavy atom. The van der Waals surface area contributed by atoms with E-state index in [0.29, 0.717) is 0 Å². The van der Waals surface area contributed by atoms with Crippen LogP contribution in [0.25, 0.3) is 22.3 Å². The molecule has 0 aliphatic carbocycles. The van der Waals surface area contributed by atoms with E-state index in [9.17, 15) is 28.8 Å². The van der Waals surface area contributed by atoms with E-state index in [1.54, 1.807) is 0 Å². The summed E-state index contributed by atoms with van der Waals surface area (Å²) in [6, 6.07) is 0. The number of nitrogens with one attached hydrogen (secondary N) is 1. The highest BCUT2D eigenvalue weighted by atomic mass is 31.2. The molecule has 2 bridgehead atoms. The quantitative estimate of drug-likeness (QED) is 0.116. The first-order valence-electron chi connectivity index (χ1n) is 13.1. The third-order valence-electron chi connectivity index (χ3n) is 7.27. The van der Waals surface area contributed by atoms with Gasteiger partial charge in [-0.3, -0.25) is 37.0 Å². The number of nitrogens with two attached hydrogens (primary N) is 3. The lowest BCUT2D eigenvalue weighted by atomic mass is 10.1. The predicted molar refractivity (Wildman–Crippen MR) is 146 cm³/mol. The van der Waals surface area contributed by atoms with Gasteiger partial charge in [0.15, 0.2) is 35.1 Å². The van der Waals surface area contributed by atoms with Crippen molar-refractivity contribution in [3.05, 3.63) is 23.0 Å². The first kappa shape index (κ1) is 30.1. The molecule has 2 unspecified atom stereocenters. The Bertz CT molecular complexity index is 1950. The molecule has 7 heterocycles. The van der Waals surface area contributed by atoms with Gasteiger partial charge in [-0.1, -0.05) is 0 Å². The molecule has 242 valence electrons. The Labute approximate surface area is 249 Å². The molecule has 0 amide bonds. The second-order valence-corrected chi connectivity index (χ2v) is 13.1. The van der Waals surface area contributed by atoms with Crippen molar-refractivity contribution in [3.8, 4) is 0 Å². The lowest BCUT2D eigenvalue weighted by Gasteiger charge is -2.25. The number of hydrogen-bond acceptors (Lipinski definition) is 18. The van der Waals surface area contributed by atoms with Gasteiger partial charge in [-0.15, -0.1) is 0 Å². The van der Waals surface area contributed by atoms with Gasteiger partial charge < -0.3 is 41.6 Å². The van der Waals surface area contributed by atoms with Crippen molar-refractivity contribution in [1.82, 2.24) is 39.0 Å². The number of nitrogen functional groups attached to an aromatic ring is 3. The largest absolute Gasteiger partial charge is 0.472 e. The van der Waals surface area contributed by atoms with Crippen molar-refractivity contribution in [2.75, 3.05) is 30.4 Å². The van der Waals surface area contributed by atoms with Crippen LogP contribution in [0, 0.1) is 0 Å². The van der Waals surface area contributed by atoms with Gasteiger partial charge in [-0.25, -0.2) is 19.1 Å². The molecule has 0 spiro atoms. The van der Waals surface area contributed by atoms with Gasteiger partial charge in [0.2, 0.25) is 11.9 Å². The summed E-state index contributed by atoms with van der Waals surface area (Å²) in [4.78, 5) is 55.9. The van der Waals surface area contributed by atoms with Gasteiger partial charge in [0.1, 0.15) is 29.9 Å². The lowest BCUT2D eigenvalue weighted by molar-refractivity contribution is -0.0670. The summed E-state index contributed by atoms with van der Waals surface area (Å²) in [6.07, 6.45) is -7.40. The van der Waals surface area contributed by atoms with Crippen molar-refractivity contribution >= 4 is 55.7 Å². The van der Waals surface area contributed by atoms with E-state index in [-0.39, 0.29) is 46.5 Å². The van der Waals surface area contributed by atoms with Crippen molar-refractivity contribution in [2.45, 2.75) is 49.4 Å². The SMILES string of the molecule is Nc1nc(N)c2ncn([C@@H]3O[C@@H]4COP(=O)(O)O[C@@H]5C[C@@H](COP(=O)(O)O[C@H]4[C@H]3O)O[C@H]5n3cnc4c(=O)[nH]c(N)nc43)c2n1. The highest BCUT2D eigenvalue weighted by molar-refractivity contribution is 7.47. The van der Waals surface area contributed by atoms with Crippen LogP contribution in [0.5, 0.6) is 0 Å². The van der Waals surface area contributed by atoms with Crippen LogP contribution in [-0.4, -0.2) is 97.7 Å². The monoisotopic (exact) mass is 673 g/mol. The summed E-state index contributed by atoms with van der Waals surface area (Å²) < 4.78 is 61.6. The van der Waals surface area contributed by atoms with Crippen LogP contribution >= 0.6 is 15.6 Å². The number of imidazole rings is 2. The second kappa shape index (κ2) is 10.7. The van der Waals surface area contributed by atoms with Gasteiger partial charge >= 0.3 is 15.6 Å². The van der Waals surface area contributed by atoms with Crippen molar-refractivity contribution in [3.63, 3.8) is 0 Å². The first-order valence-corrected chi connectivity index (χ1v) is 16.1. The molecule has 7 rings (SSSR count). The Morgan fingerprint density at radius 2 is 1.53 bits per heavy atom. The molecule has 0 radical (unpaired) electrons. The standard InChI is InChI=1S/C20H25N11O12P2/c21-13-9-14(27-19(22)26-13)31(4-24-9)18-11(32)12-8(41-18)3-39-44(34,35)42-7-1-6(2-38-45(36,37)43-12)40-17(7)30-5-25-10-15(30)28-20(23)29-16(10)33/h4-8,11-12,17-18,32H,1-3H2,(H,34,35)(H,36,37)(H4,21,22,26,27)(H3,23,28,29,33)/t6-,7+,8+,11+,12+,17+,18+/m0/s1. The molecule has 25 heteroatoms. The van der Waals surface area contributed by atoms with Crippen LogP contribution in [0.4, 0.5) is 17.7 Å². The zero-order valence-corrected chi connectivity index (χ0v) is 24.4. The van der Waals surface area contributed by atoms with Crippen LogP contribution in [0.2, 0.25) is 0 Å². The number of hydrogen-bond donors (Lipinski definition) is 7. The number of phosphoric ester groups is 2. The average molecular weight is 673 g/mol. The number of aromatic amines is 1. The molecule has 3 aliphatic heterocycles. The number of nitrogens with zero attached hydrogens (tertiary/aromatic N) is 7. The zero-order valence-electron chi connectivity index (χ0n) is 22.6. The fourth-order valence-corrected chi connectivity index (χ4v) is 7.29. The number of aromatic nitrogens is 8. The van der Waals surface area contributed by atoms with Crippen LogP contribution in [-0.2, 0) is 36.7 Å². The maximum Gasteiger partial charge on any atom is 0.472 e. The van der Waals surface area contributed by atoms with E-state index >= 15 is 0 Å². The number of aliphatic hydroxyl groups is 1. The van der Waals surface area contributed by atoms with Gasteiger partial charge in [0, 0.05) is 6.42 Å². The van der Waals surface area contributed by atoms with E-state index < -0.39 is 77.4 Å². The Kier molecular flexibility index (Phi) is 7.18. The minimum atomic E-state index is -4.96. The normalized spacial score (nSPS) is 36.0. The van der Waals surface area contributed by atoms with Crippen molar-refractivity contribution in [1.29, 1.82) is 0 Å². The van der Waals surface area contributed by atoms with Crippen LogP contribution in [0.1, 0.15) is 18.9 Å². The van der Waals surface area contributed by atoms with Crippen molar-refractivity contribution in [2.24, 2.45) is 0 Å². The molecular formula is C20H25N11O12P2. The predicted octanol–water partition coefficient (Wildman–Crippen LogP) is -1.73. The topological polar surface area (TPSA) is 335 Å². The molecule has 9 atom stereocenters. The van der Waals surface area contributed by atoms with Gasteiger partial charge in [0.25, 0.3) is 5.56 Å². The van der Waals surface area contributed by atoms with E-state index in [4.69, 9.17) is 44.8 Å². The van der Waals surface area contributed by atoms with E-state index in [0.717, 1.165) is 0 Å². The highest BCUT2D eigenvalue weighted by Gasteiger charge is 2.51. The van der Waals surface area contributed by atoms with Gasteiger partial charge in [0.05, 0.1) is 32.0 Å². The number of phosphoric acid groups is 2. The number of H-pyrrole nitrogens is 1.